The Bertz CT molecular complexity index is 519. The molecule has 0 radical (unpaired) electrons. The highest BCUT2D eigenvalue weighted by Crippen LogP contribution is 2.17. The highest BCUT2D eigenvalue weighted by molar-refractivity contribution is 5.82. The van der Waals surface area contributed by atoms with Gasteiger partial charge in [0.2, 0.25) is 5.91 Å². The van der Waals surface area contributed by atoms with E-state index in [2.05, 4.69) is 10.9 Å². The van der Waals surface area contributed by atoms with E-state index in [1.807, 2.05) is 52.8 Å². The molecule has 0 heterocycles. The van der Waals surface area contributed by atoms with Gasteiger partial charge in [-0.2, -0.15) is 0 Å². The topological polar surface area (TPSA) is 67.4 Å². The average molecular weight is 292 g/mol. The zero-order chi connectivity index (χ0) is 16.0. The molecule has 5 heteroatoms. The molecule has 0 aliphatic heterocycles. The molecule has 0 aliphatic rings. The van der Waals surface area contributed by atoms with Crippen molar-refractivity contribution in [1.29, 1.82) is 0 Å². The van der Waals surface area contributed by atoms with Crippen LogP contribution in [-0.2, 0) is 9.59 Å². The Morgan fingerprint density at radius 3 is 2.24 bits per heavy atom. The first kappa shape index (κ1) is 17.0. The third kappa shape index (κ3) is 6.79. The summed E-state index contributed by atoms with van der Waals surface area (Å²) in [6.45, 7) is 9.72. The third-order valence-corrected chi connectivity index (χ3v) is 2.88. The fourth-order valence-corrected chi connectivity index (χ4v) is 1.65. The normalized spacial score (nSPS) is 10.9. The van der Waals surface area contributed by atoms with Crippen LogP contribution in [0.1, 0.15) is 38.3 Å². The minimum absolute atomic E-state index is 0.120. The summed E-state index contributed by atoms with van der Waals surface area (Å²) in [4.78, 5) is 23.1. The van der Waals surface area contributed by atoms with Crippen LogP contribution < -0.4 is 15.6 Å². The number of rotatable bonds is 4. The molecule has 2 amide bonds. The monoisotopic (exact) mass is 292 g/mol. The van der Waals surface area contributed by atoms with Crippen LogP contribution in [0.15, 0.2) is 18.2 Å². The van der Waals surface area contributed by atoms with E-state index in [4.69, 9.17) is 4.74 Å². The lowest BCUT2D eigenvalue weighted by Crippen LogP contribution is -2.44. The molecule has 0 bridgehead atoms. The summed E-state index contributed by atoms with van der Waals surface area (Å²) in [5, 5.41) is 0. The van der Waals surface area contributed by atoms with Crippen molar-refractivity contribution >= 4 is 11.8 Å². The van der Waals surface area contributed by atoms with Gasteiger partial charge in [0.15, 0.2) is 6.61 Å². The molecule has 1 rings (SSSR count). The SMILES string of the molecule is Cc1ccc(OCC(=O)NNC(=O)CC(C)(C)C)cc1C. The number of ether oxygens (including phenoxy) is 1. The Morgan fingerprint density at radius 1 is 1.05 bits per heavy atom. The number of aryl methyl sites for hydroxylation is 2. The molecule has 5 nitrogen and oxygen atoms in total. The summed E-state index contributed by atoms with van der Waals surface area (Å²) in [6.07, 6.45) is 0.339. The third-order valence-electron chi connectivity index (χ3n) is 2.88. The van der Waals surface area contributed by atoms with Crippen molar-refractivity contribution in [3.05, 3.63) is 29.3 Å². The van der Waals surface area contributed by atoms with Gasteiger partial charge in [-0.3, -0.25) is 20.4 Å². The molecule has 0 saturated carbocycles. The van der Waals surface area contributed by atoms with E-state index in [0.29, 0.717) is 12.2 Å². The molecule has 0 fully saturated rings. The van der Waals surface area contributed by atoms with Gasteiger partial charge in [0.25, 0.3) is 5.91 Å². The van der Waals surface area contributed by atoms with E-state index in [1.165, 1.54) is 5.56 Å². The summed E-state index contributed by atoms with van der Waals surface area (Å²) >= 11 is 0. The minimum Gasteiger partial charge on any atom is -0.484 e. The van der Waals surface area contributed by atoms with Crippen molar-refractivity contribution in [2.45, 2.75) is 41.0 Å². The Labute approximate surface area is 126 Å². The fraction of sp³-hybridized carbons (Fsp3) is 0.500. The second-order valence-electron chi connectivity index (χ2n) is 6.37. The van der Waals surface area contributed by atoms with E-state index in [0.717, 1.165) is 5.56 Å². The lowest BCUT2D eigenvalue weighted by Gasteiger charge is -2.17. The van der Waals surface area contributed by atoms with Crippen LogP contribution in [-0.4, -0.2) is 18.4 Å². The van der Waals surface area contributed by atoms with Crippen LogP contribution in [0.4, 0.5) is 0 Å². The number of carbonyl (C=O) groups is 2. The van der Waals surface area contributed by atoms with Crippen LogP contribution in [0.5, 0.6) is 5.75 Å². The molecule has 2 N–H and O–H groups in total. The van der Waals surface area contributed by atoms with Crippen molar-refractivity contribution in [3.8, 4) is 5.75 Å². The van der Waals surface area contributed by atoms with Crippen molar-refractivity contribution in [2.75, 3.05) is 6.61 Å². The maximum absolute atomic E-state index is 11.6. The first-order valence-electron chi connectivity index (χ1n) is 6.95. The summed E-state index contributed by atoms with van der Waals surface area (Å²) in [5.74, 6) is 0.0202. The molecule has 0 saturated heterocycles. The number of amides is 2. The van der Waals surface area contributed by atoms with E-state index >= 15 is 0 Å². The van der Waals surface area contributed by atoms with Crippen LogP contribution >= 0.6 is 0 Å². The van der Waals surface area contributed by atoms with Crippen molar-refractivity contribution < 1.29 is 14.3 Å². The van der Waals surface area contributed by atoms with Gasteiger partial charge in [-0.25, -0.2) is 0 Å². The molecule has 21 heavy (non-hydrogen) atoms. The fourth-order valence-electron chi connectivity index (χ4n) is 1.65. The maximum Gasteiger partial charge on any atom is 0.276 e. The minimum atomic E-state index is -0.393. The van der Waals surface area contributed by atoms with Gasteiger partial charge in [-0.15, -0.1) is 0 Å². The second kappa shape index (κ2) is 7.11. The zero-order valence-electron chi connectivity index (χ0n) is 13.4. The molecular formula is C16H24N2O3. The van der Waals surface area contributed by atoms with Crippen molar-refractivity contribution in [1.82, 2.24) is 10.9 Å². The van der Waals surface area contributed by atoms with E-state index in [1.54, 1.807) is 0 Å². The molecule has 1 aromatic rings. The summed E-state index contributed by atoms with van der Waals surface area (Å²) < 4.78 is 5.37. The number of hydrazine groups is 1. The Hall–Kier alpha value is -2.04. The molecule has 116 valence electrons. The first-order chi connectivity index (χ1) is 9.67. The highest BCUT2D eigenvalue weighted by atomic mass is 16.5. The van der Waals surface area contributed by atoms with Crippen LogP contribution in [0.3, 0.4) is 0 Å². The van der Waals surface area contributed by atoms with Gasteiger partial charge in [0.05, 0.1) is 0 Å². The standard InChI is InChI=1S/C16H24N2O3/c1-11-6-7-13(8-12(11)2)21-10-15(20)18-17-14(19)9-16(3,4)5/h6-8H,9-10H2,1-5H3,(H,17,19)(H,18,20). The number of carbonyl (C=O) groups excluding carboxylic acids is 2. The van der Waals surface area contributed by atoms with Crippen molar-refractivity contribution in [2.24, 2.45) is 5.41 Å². The molecular weight excluding hydrogens is 268 g/mol. The number of benzene rings is 1. The van der Waals surface area contributed by atoms with Gasteiger partial charge < -0.3 is 4.74 Å². The van der Waals surface area contributed by atoms with E-state index < -0.39 is 5.91 Å². The first-order valence-corrected chi connectivity index (χ1v) is 6.95. The molecule has 1 aromatic carbocycles. The number of hydrogen-bond donors (Lipinski definition) is 2. The summed E-state index contributed by atoms with van der Waals surface area (Å²) in [7, 11) is 0. The largest absolute Gasteiger partial charge is 0.484 e. The van der Waals surface area contributed by atoms with Crippen LogP contribution in [0, 0.1) is 19.3 Å². The summed E-state index contributed by atoms with van der Waals surface area (Å²) in [6, 6.07) is 5.63. The lowest BCUT2D eigenvalue weighted by atomic mass is 9.92. The molecule has 0 aromatic heterocycles. The van der Waals surface area contributed by atoms with Gasteiger partial charge in [-0.05, 0) is 42.5 Å². The van der Waals surface area contributed by atoms with Gasteiger partial charge in [0, 0.05) is 6.42 Å². The van der Waals surface area contributed by atoms with E-state index in [9.17, 15) is 9.59 Å². The predicted octanol–water partition coefficient (Wildman–Crippen LogP) is 2.27. The number of nitrogens with one attached hydrogen (secondary N) is 2. The average Bonchev–Trinajstić information content (AvgIpc) is 2.36. The quantitative estimate of drug-likeness (QED) is 0.837. The van der Waals surface area contributed by atoms with E-state index in [-0.39, 0.29) is 17.9 Å². The smallest absolute Gasteiger partial charge is 0.276 e. The Balaban J connectivity index is 2.34. The Morgan fingerprint density at radius 2 is 1.67 bits per heavy atom. The zero-order valence-corrected chi connectivity index (χ0v) is 13.4. The van der Waals surface area contributed by atoms with Gasteiger partial charge in [0.1, 0.15) is 5.75 Å². The molecule has 0 unspecified atom stereocenters. The lowest BCUT2D eigenvalue weighted by molar-refractivity contribution is -0.130. The highest BCUT2D eigenvalue weighted by Gasteiger charge is 2.16. The van der Waals surface area contributed by atoms with Gasteiger partial charge >= 0.3 is 0 Å². The second-order valence-corrected chi connectivity index (χ2v) is 6.37. The number of hydrogen-bond acceptors (Lipinski definition) is 3. The maximum atomic E-state index is 11.6. The van der Waals surface area contributed by atoms with Gasteiger partial charge in [-0.1, -0.05) is 26.8 Å². The summed E-state index contributed by atoms with van der Waals surface area (Å²) in [5.41, 5.74) is 6.87. The molecule has 0 spiro atoms. The Kier molecular flexibility index (Phi) is 5.76. The molecule has 0 aliphatic carbocycles. The van der Waals surface area contributed by atoms with Crippen molar-refractivity contribution in [3.63, 3.8) is 0 Å². The van der Waals surface area contributed by atoms with Crippen LogP contribution in [0.25, 0.3) is 0 Å². The molecule has 0 atom stereocenters. The predicted molar refractivity (Wildman–Crippen MR) is 81.8 cm³/mol. The van der Waals surface area contributed by atoms with Crippen LogP contribution in [0.2, 0.25) is 0 Å².